The maximum absolute atomic E-state index is 13.2. The van der Waals surface area contributed by atoms with Crippen molar-refractivity contribution in [3.05, 3.63) is 96.1 Å². The van der Waals surface area contributed by atoms with Gasteiger partial charge in [0.15, 0.2) is 0 Å². The average molecular weight is 384 g/mol. The first-order valence-corrected chi connectivity index (χ1v) is 9.96. The van der Waals surface area contributed by atoms with Crippen molar-refractivity contribution in [2.24, 2.45) is 5.92 Å². The molecule has 4 rings (SSSR count). The molecule has 0 aliphatic carbocycles. The van der Waals surface area contributed by atoms with Crippen molar-refractivity contribution in [1.82, 2.24) is 0 Å². The van der Waals surface area contributed by atoms with Gasteiger partial charge < -0.3 is 9.80 Å². The van der Waals surface area contributed by atoms with Crippen LogP contribution < -0.4 is 9.80 Å². The molecule has 1 aliphatic rings. The van der Waals surface area contributed by atoms with Crippen LogP contribution in [0.4, 0.5) is 11.4 Å². The SMILES string of the molecule is CC1CN(C(=O)c2ccccc2)c2ccccc2N(CCc2ccccc2)C1=O. The van der Waals surface area contributed by atoms with Crippen LogP contribution in [0.3, 0.4) is 0 Å². The highest BCUT2D eigenvalue weighted by Gasteiger charge is 2.33. The molecule has 4 heteroatoms. The summed E-state index contributed by atoms with van der Waals surface area (Å²) in [4.78, 5) is 30.1. The Morgan fingerprint density at radius 3 is 2.14 bits per heavy atom. The van der Waals surface area contributed by atoms with Crippen molar-refractivity contribution in [3.8, 4) is 0 Å². The summed E-state index contributed by atoms with van der Waals surface area (Å²) in [5.74, 6) is -0.315. The van der Waals surface area contributed by atoms with E-state index in [1.165, 1.54) is 5.56 Å². The molecule has 1 aliphatic heterocycles. The third-order valence-corrected chi connectivity index (χ3v) is 5.34. The van der Waals surface area contributed by atoms with E-state index in [1.54, 1.807) is 4.90 Å². The first-order valence-electron chi connectivity index (χ1n) is 9.96. The molecule has 3 aromatic carbocycles. The van der Waals surface area contributed by atoms with Crippen LogP contribution in [0, 0.1) is 5.92 Å². The van der Waals surface area contributed by atoms with Crippen molar-refractivity contribution in [2.75, 3.05) is 22.9 Å². The van der Waals surface area contributed by atoms with E-state index < -0.39 is 0 Å². The summed E-state index contributed by atoms with van der Waals surface area (Å²) in [5, 5.41) is 0. The third-order valence-electron chi connectivity index (χ3n) is 5.34. The van der Waals surface area contributed by atoms with Gasteiger partial charge in [0.05, 0.1) is 17.3 Å². The number of anilines is 2. The predicted octanol–water partition coefficient (Wildman–Crippen LogP) is 4.56. The van der Waals surface area contributed by atoms with E-state index in [4.69, 9.17) is 0 Å². The Bertz CT molecular complexity index is 1000. The van der Waals surface area contributed by atoms with E-state index in [9.17, 15) is 9.59 Å². The first kappa shape index (κ1) is 18.9. The van der Waals surface area contributed by atoms with Gasteiger partial charge in [0.2, 0.25) is 5.91 Å². The Hall–Kier alpha value is -3.40. The predicted molar refractivity (Wildman–Crippen MR) is 116 cm³/mol. The van der Waals surface area contributed by atoms with Crippen LogP contribution >= 0.6 is 0 Å². The number of fused-ring (bicyclic) bond motifs is 1. The van der Waals surface area contributed by atoms with Crippen LogP contribution in [0.15, 0.2) is 84.9 Å². The minimum absolute atomic E-state index is 0.0525. The highest BCUT2D eigenvalue weighted by molar-refractivity contribution is 6.11. The number of carbonyl (C=O) groups excluding carboxylic acids is 2. The molecule has 0 saturated heterocycles. The molecule has 3 aromatic rings. The standard InChI is InChI=1S/C25H24N2O2/c1-19-18-27(25(29)21-12-6-3-7-13-21)23-15-9-8-14-22(23)26(24(19)28)17-16-20-10-4-2-5-11-20/h2-15,19H,16-18H2,1H3. The molecule has 4 nitrogen and oxygen atoms in total. The summed E-state index contributed by atoms with van der Waals surface area (Å²) in [5.41, 5.74) is 3.39. The van der Waals surface area contributed by atoms with Crippen LogP contribution in [-0.2, 0) is 11.2 Å². The lowest BCUT2D eigenvalue weighted by Gasteiger charge is -2.25. The van der Waals surface area contributed by atoms with E-state index in [0.717, 1.165) is 17.8 Å². The fourth-order valence-electron chi connectivity index (χ4n) is 3.80. The maximum atomic E-state index is 13.2. The van der Waals surface area contributed by atoms with Crippen molar-refractivity contribution in [3.63, 3.8) is 0 Å². The highest BCUT2D eigenvalue weighted by atomic mass is 16.2. The molecule has 0 bridgehead atoms. The zero-order valence-electron chi connectivity index (χ0n) is 16.5. The number of rotatable bonds is 4. The minimum atomic E-state index is -0.286. The van der Waals surface area contributed by atoms with Gasteiger partial charge in [-0.15, -0.1) is 0 Å². The van der Waals surface area contributed by atoms with Gasteiger partial charge >= 0.3 is 0 Å². The Kier molecular flexibility index (Phi) is 5.43. The quantitative estimate of drug-likeness (QED) is 0.662. The molecule has 0 aromatic heterocycles. The van der Waals surface area contributed by atoms with E-state index in [1.807, 2.05) is 84.6 Å². The second-order valence-electron chi connectivity index (χ2n) is 7.40. The fraction of sp³-hybridized carbons (Fsp3) is 0.200. The zero-order chi connectivity index (χ0) is 20.2. The van der Waals surface area contributed by atoms with Gasteiger partial charge in [-0.2, -0.15) is 0 Å². The van der Waals surface area contributed by atoms with Crippen LogP contribution in [0.5, 0.6) is 0 Å². The van der Waals surface area contributed by atoms with Crippen LogP contribution in [0.1, 0.15) is 22.8 Å². The highest BCUT2D eigenvalue weighted by Crippen LogP contribution is 2.35. The summed E-state index contributed by atoms with van der Waals surface area (Å²) in [6.07, 6.45) is 0.764. The van der Waals surface area contributed by atoms with Crippen LogP contribution in [-0.4, -0.2) is 24.9 Å². The van der Waals surface area contributed by atoms with Crippen molar-refractivity contribution < 1.29 is 9.59 Å². The van der Waals surface area contributed by atoms with Crippen LogP contribution in [0.25, 0.3) is 0 Å². The number of carbonyl (C=O) groups is 2. The van der Waals surface area contributed by atoms with Gasteiger partial charge in [-0.05, 0) is 36.2 Å². The number of hydrogen-bond acceptors (Lipinski definition) is 2. The molecule has 1 heterocycles. The van der Waals surface area contributed by atoms with Gasteiger partial charge in [-0.3, -0.25) is 9.59 Å². The first-order chi connectivity index (χ1) is 14.1. The largest absolute Gasteiger partial charge is 0.310 e. The van der Waals surface area contributed by atoms with Gasteiger partial charge in [0.25, 0.3) is 5.91 Å². The zero-order valence-corrected chi connectivity index (χ0v) is 16.5. The number of para-hydroxylation sites is 2. The van der Waals surface area contributed by atoms with E-state index in [-0.39, 0.29) is 17.7 Å². The van der Waals surface area contributed by atoms with Gasteiger partial charge in [0.1, 0.15) is 0 Å². The molecule has 2 amide bonds. The molecule has 1 atom stereocenters. The molecular formula is C25H24N2O2. The number of amides is 2. The van der Waals surface area contributed by atoms with E-state index in [0.29, 0.717) is 18.7 Å². The Morgan fingerprint density at radius 2 is 1.45 bits per heavy atom. The fourth-order valence-corrected chi connectivity index (χ4v) is 3.80. The Morgan fingerprint density at radius 1 is 0.862 bits per heavy atom. The molecule has 146 valence electrons. The molecule has 0 N–H and O–H groups in total. The number of nitrogens with zero attached hydrogens (tertiary/aromatic N) is 2. The van der Waals surface area contributed by atoms with E-state index >= 15 is 0 Å². The number of benzene rings is 3. The summed E-state index contributed by atoms with van der Waals surface area (Å²) in [6.45, 7) is 2.85. The summed E-state index contributed by atoms with van der Waals surface area (Å²) >= 11 is 0. The molecule has 29 heavy (non-hydrogen) atoms. The molecular weight excluding hydrogens is 360 g/mol. The smallest absolute Gasteiger partial charge is 0.258 e. The van der Waals surface area contributed by atoms with Crippen molar-refractivity contribution in [1.29, 1.82) is 0 Å². The second-order valence-corrected chi connectivity index (χ2v) is 7.40. The summed E-state index contributed by atoms with van der Waals surface area (Å²) in [6, 6.07) is 27.1. The summed E-state index contributed by atoms with van der Waals surface area (Å²) < 4.78 is 0. The Labute approximate surface area is 171 Å². The van der Waals surface area contributed by atoms with Crippen molar-refractivity contribution in [2.45, 2.75) is 13.3 Å². The topological polar surface area (TPSA) is 40.6 Å². The van der Waals surface area contributed by atoms with Crippen LogP contribution in [0.2, 0.25) is 0 Å². The summed E-state index contributed by atoms with van der Waals surface area (Å²) in [7, 11) is 0. The van der Waals surface area contributed by atoms with E-state index in [2.05, 4.69) is 12.1 Å². The maximum Gasteiger partial charge on any atom is 0.258 e. The lowest BCUT2D eigenvalue weighted by atomic mass is 10.1. The van der Waals surface area contributed by atoms with Gasteiger partial charge in [-0.1, -0.05) is 67.6 Å². The molecule has 0 radical (unpaired) electrons. The van der Waals surface area contributed by atoms with Gasteiger partial charge in [-0.25, -0.2) is 0 Å². The molecule has 0 spiro atoms. The molecule has 0 saturated carbocycles. The normalized spacial score (nSPS) is 16.3. The number of hydrogen-bond donors (Lipinski definition) is 0. The Balaban J connectivity index is 1.69. The lowest BCUT2D eigenvalue weighted by molar-refractivity contribution is -0.121. The lowest BCUT2D eigenvalue weighted by Crippen LogP contribution is -2.39. The van der Waals surface area contributed by atoms with Crippen molar-refractivity contribution >= 4 is 23.2 Å². The van der Waals surface area contributed by atoms with Gasteiger partial charge in [0, 0.05) is 18.7 Å². The average Bonchev–Trinajstić information content (AvgIpc) is 2.88. The second kappa shape index (κ2) is 8.31. The molecule has 0 fully saturated rings. The monoisotopic (exact) mass is 384 g/mol. The minimum Gasteiger partial charge on any atom is -0.310 e. The molecule has 1 unspecified atom stereocenters. The third kappa shape index (κ3) is 3.92.